The van der Waals surface area contributed by atoms with Crippen LogP contribution in [0.2, 0.25) is 0 Å². The number of aryl methyl sites for hydroxylation is 2. The van der Waals surface area contributed by atoms with Gasteiger partial charge in [-0.3, -0.25) is 0 Å². The van der Waals surface area contributed by atoms with Crippen molar-refractivity contribution in [3.05, 3.63) is 51.9 Å². The Labute approximate surface area is 124 Å². The first-order chi connectivity index (χ1) is 9.72. The summed E-state index contributed by atoms with van der Waals surface area (Å²) in [5, 5.41) is 9.70. The first-order valence-electron chi connectivity index (χ1n) is 7.04. The van der Waals surface area contributed by atoms with Crippen LogP contribution >= 0.6 is 11.3 Å². The molecule has 0 radical (unpaired) electrons. The number of nitrogen functional groups attached to an aromatic ring is 1. The number of anilines is 1. The van der Waals surface area contributed by atoms with Crippen molar-refractivity contribution >= 4 is 16.3 Å². The number of nitriles is 1. The molecule has 2 N–H and O–H groups in total. The highest BCUT2D eigenvalue weighted by Crippen LogP contribution is 2.30. The van der Waals surface area contributed by atoms with E-state index in [-0.39, 0.29) is 0 Å². The summed E-state index contributed by atoms with van der Waals surface area (Å²) in [5.74, 6) is 0. The van der Waals surface area contributed by atoms with Crippen LogP contribution in [0.4, 0.5) is 5.00 Å². The van der Waals surface area contributed by atoms with E-state index in [2.05, 4.69) is 36.4 Å². The van der Waals surface area contributed by atoms with Crippen LogP contribution in [0.3, 0.4) is 0 Å². The molecule has 0 saturated carbocycles. The molecule has 2 nitrogen and oxygen atoms in total. The molecule has 1 aromatic carbocycles. The lowest BCUT2D eigenvalue weighted by molar-refractivity contribution is 0.681. The highest BCUT2D eigenvalue weighted by molar-refractivity contribution is 7.16. The van der Waals surface area contributed by atoms with E-state index in [9.17, 15) is 0 Å². The predicted molar refractivity (Wildman–Crippen MR) is 85.9 cm³/mol. The molecule has 0 bridgehead atoms. The number of hydrogen-bond donors (Lipinski definition) is 1. The molecule has 2 aromatic rings. The molecule has 0 aliphatic rings. The van der Waals surface area contributed by atoms with Gasteiger partial charge in [0.15, 0.2) is 0 Å². The largest absolute Gasteiger partial charge is 0.389 e. The molecule has 0 aliphatic heterocycles. The van der Waals surface area contributed by atoms with Gasteiger partial charge in [-0.2, -0.15) is 5.26 Å². The third kappa shape index (κ3) is 3.61. The van der Waals surface area contributed by atoms with Crippen LogP contribution in [0.5, 0.6) is 0 Å². The van der Waals surface area contributed by atoms with Gasteiger partial charge < -0.3 is 5.73 Å². The minimum Gasteiger partial charge on any atom is -0.389 e. The zero-order valence-corrected chi connectivity index (χ0v) is 12.7. The first kappa shape index (κ1) is 14.6. The third-order valence-corrected chi connectivity index (χ3v) is 4.78. The summed E-state index contributed by atoms with van der Waals surface area (Å²) >= 11 is 1.58. The molecule has 0 unspecified atom stereocenters. The second-order valence-electron chi connectivity index (χ2n) is 5.05. The van der Waals surface area contributed by atoms with Crippen molar-refractivity contribution in [3.8, 4) is 6.07 Å². The van der Waals surface area contributed by atoms with E-state index in [1.165, 1.54) is 29.7 Å². The van der Waals surface area contributed by atoms with Crippen LogP contribution in [0.15, 0.2) is 30.3 Å². The SMILES string of the molecule is Cc1c(CCCCCc2ccccc2)sc(N)c1C#N. The van der Waals surface area contributed by atoms with Crippen LogP contribution in [-0.2, 0) is 12.8 Å². The fourth-order valence-electron chi connectivity index (χ4n) is 2.40. The minimum absolute atomic E-state index is 0.671. The van der Waals surface area contributed by atoms with Gasteiger partial charge in [-0.1, -0.05) is 36.8 Å². The summed E-state index contributed by atoms with van der Waals surface area (Å²) in [6.45, 7) is 2.00. The van der Waals surface area contributed by atoms with Crippen molar-refractivity contribution in [1.82, 2.24) is 0 Å². The van der Waals surface area contributed by atoms with Crippen LogP contribution < -0.4 is 5.73 Å². The standard InChI is InChI=1S/C17H20N2S/c1-13-15(12-18)17(19)20-16(13)11-7-3-6-10-14-8-4-2-5-9-14/h2,4-5,8-9H,3,6-7,10-11,19H2,1H3. The molecular weight excluding hydrogens is 264 g/mol. The molecule has 0 fully saturated rings. The summed E-state index contributed by atoms with van der Waals surface area (Å²) in [5.41, 5.74) is 9.02. The van der Waals surface area contributed by atoms with Crippen molar-refractivity contribution in [2.75, 3.05) is 5.73 Å². The molecule has 1 aromatic heterocycles. The number of benzene rings is 1. The lowest BCUT2D eigenvalue weighted by atomic mass is 10.0. The number of rotatable bonds is 6. The molecule has 0 aliphatic carbocycles. The van der Waals surface area contributed by atoms with E-state index in [4.69, 9.17) is 11.0 Å². The van der Waals surface area contributed by atoms with Gasteiger partial charge in [0.2, 0.25) is 0 Å². The minimum atomic E-state index is 0.671. The topological polar surface area (TPSA) is 49.8 Å². The van der Waals surface area contributed by atoms with Gasteiger partial charge in [-0.25, -0.2) is 0 Å². The monoisotopic (exact) mass is 284 g/mol. The zero-order chi connectivity index (χ0) is 14.4. The van der Waals surface area contributed by atoms with Gasteiger partial charge in [0, 0.05) is 4.88 Å². The Kier molecular flexibility index (Phi) is 5.20. The molecule has 0 spiro atoms. The smallest absolute Gasteiger partial charge is 0.104 e. The Morgan fingerprint density at radius 1 is 1.10 bits per heavy atom. The van der Waals surface area contributed by atoms with Gasteiger partial charge in [0.1, 0.15) is 11.1 Å². The molecule has 0 atom stereocenters. The molecule has 0 saturated heterocycles. The third-order valence-electron chi connectivity index (χ3n) is 3.60. The molecule has 20 heavy (non-hydrogen) atoms. The Morgan fingerprint density at radius 2 is 1.80 bits per heavy atom. The highest BCUT2D eigenvalue weighted by atomic mass is 32.1. The summed E-state index contributed by atoms with van der Waals surface area (Å²) in [7, 11) is 0. The zero-order valence-electron chi connectivity index (χ0n) is 11.9. The number of nitrogens with zero attached hydrogens (tertiary/aromatic N) is 1. The second kappa shape index (κ2) is 7.12. The Hall–Kier alpha value is -1.79. The molecule has 3 heteroatoms. The number of nitrogens with two attached hydrogens (primary N) is 1. The Bertz CT molecular complexity index is 593. The second-order valence-corrected chi connectivity index (χ2v) is 6.18. The molecule has 1 heterocycles. The quantitative estimate of drug-likeness (QED) is 0.796. The summed E-state index contributed by atoms with van der Waals surface area (Å²) in [6, 6.07) is 12.8. The average molecular weight is 284 g/mol. The van der Waals surface area contributed by atoms with Gasteiger partial charge in [-0.05, 0) is 43.7 Å². The van der Waals surface area contributed by atoms with Crippen LogP contribution in [-0.4, -0.2) is 0 Å². The first-order valence-corrected chi connectivity index (χ1v) is 7.85. The van der Waals surface area contributed by atoms with Gasteiger partial charge >= 0.3 is 0 Å². The predicted octanol–water partition coefficient (Wildman–Crippen LogP) is 4.47. The maximum absolute atomic E-state index is 9.02. The van der Waals surface area contributed by atoms with Crippen molar-refractivity contribution < 1.29 is 0 Å². The van der Waals surface area contributed by atoms with Gasteiger partial charge in [0.25, 0.3) is 0 Å². The van der Waals surface area contributed by atoms with Gasteiger partial charge in [0.05, 0.1) is 5.56 Å². The van der Waals surface area contributed by atoms with Crippen molar-refractivity contribution in [2.24, 2.45) is 0 Å². The van der Waals surface area contributed by atoms with Gasteiger partial charge in [-0.15, -0.1) is 11.3 Å². The number of thiophene rings is 1. The van der Waals surface area contributed by atoms with Crippen molar-refractivity contribution in [2.45, 2.75) is 39.0 Å². The molecule has 104 valence electrons. The van der Waals surface area contributed by atoms with E-state index in [0.717, 1.165) is 18.4 Å². The summed E-state index contributed by atoms with van der Waals surface area (Å²) in [4.78, 5) is 1.28. The van der Waals surface area contributed by atoms with Crippen LogP contribution in [0.25, 0.3) is 0 Å². The van der Waals surface area contributed by atoms with E-state index in [0.29, 0.717) is 10.6 Å². The van der Waals surface area contributed by atoms with E-state index in [1.54, 1.807) is 11.3 Å². The number of hydrogen-bond acceptors (Lipinski definition) is 3. The fraction of sp³-hybridized carbons (Fsp3) is 0.353. The maximum atomic E-state index is 9.02. The highest BCUT2D eigenvalue weighted by Gasteiger charge is 2.11. The molecule has 0 amide bonds. The van der Waals surface area contributed by atoms with E-state index >= 15 is 0 Å². The van der Waals surface area contributed by atoms with E-state index < -0.39 is 0 Å². The maximum Gasteiger partial charge on any atom is 0.104 e. The number of unbranched alkanes of at least 4 members (excludes halogenated alkanes) is 2. The average Bonchev–Trinajstić information content (AvgIpc) is 2.74. The summed E-state index contributed by atoms with van der Waals surface area (Å²) in [6.07, 6.45) is 5.79. The van der Waals surface area contributed by atoms with E-state index in [1.807, 2.05) is 6.92 Å². The Morgan fingerprint density at radius 3 is 2.45 bits per heavy atom. The molecule has 2 rings (SSSR count). The normalized spacial score (nSPS) is 10.4. The lowest BCUT2D eigenvalue weighted by Crippen LogP contribution is -1.89. The fourth-order valence-corrected chi connectivity index (χ4v) is 3.47. The lowest BCUT2D eigenvalue weighted by Gasteiger charge is -2.02. The van der Waals surface area contributed by atoms with Crippen LogP contribution in [0.1, 0.15) is 40.8 Å². The Balaban J connectivity index is 1.75. The van der Waals surface area contributed by atoms with Crippen molar-refractivity contribution in [3.63, 3.8) is 0 Å². The van der Waals surface area contributed by atoms with Crippen molar-refractivity contribution in [1.29, 1.82) is 5.26 Å². The molecular formula is C17H20N2S. The van der Waals surface area contributed by atoms with Crippen LogP contribution in [0, 0.1) is 18.3 Å². The summed E-state index contributed by atoms with van der Waals surface area (Å²) < 4.78 is 0.